The largest absolute Gasteiger partial charge is 0.394 e. The first-order valence-electron chi connectivity index (χ1n) is 21.7. The number of amides is 1. The monoisotopic (exact) mass is 756 g/mol. The molecule has 1 rings (SSSR count). The van der Waals surface area contributed by atoms with Crippen molar-refractivity contribution in [2.45, 2.75) is 230 Å². The zero-order valence-corrected chi connectivity index (χ0v) is 33.6. The van der Waals surface area contributed by atoms with Crippen LogP contribution in [-0.4, -0.2) is 98.7 Å². The van der Waals surface area contributed by atoms with Crippen LogP contribution in [0.2, 0.25) is 0 Å². The van der Waals surface area contributed by atoms with E-state index in [0.29, 0.717) is 12.8 Å². The Hall–Kier alpha value is -1.37. The molecule has 0 aromatic heterocycles. The lowest BCUT2D eigenvalue weighted by atomic mass is 9.99. The highest BCUT2D eigenvalue weighted by Crippen LogP contribution is 2.22. The molecule has 1 amide bonds. The van der Waals surface area contributed by atoms with E-state index >= 15 is 0 Å². The topological polar surface area (TPSA) is 169 Å². The van der Waals surface area contributed by atoms with Crippen LogP contribution in [0.3, 0.4) is 0 Å². The summed E-state index contributed by atoms with van der Waals surface area (Å²) in [7, 11) is 0. The summed E-state index contributed by atoms with van der Waals surface area (Å²) >= 11 is 0. The molecule has 0 aliphatic carbocycles. The van der Waals surface area contributed by atoms with Crippen LogP contribution in [-0.2, 0) is 14.3 Å². The van der Waals surface area contributed by atoms with Gasteiger partial charge in [-0.25, -0.2) is 0 Å². The molecule has 312 valence electrons. The Morgan fingerprint density at radius 1 is 0.642 bits per heavy atom. The quantitative estimate of drug-likeness (QED) is 0.0259. The molecular formula is C43H81NO9. The molecule has 7 N–H and O–H groups in total. The van der Waals surface area contributed by atoms with E-state index in [-0.39, 0.29) is 6.61 Å². The predicted octanol–water partition coefficient (Wildman–Crippen LogP) is 7.30. The van der Waals surface area contributed by atoms with Crippen molar-refractivity contribution in [3.8, 4) is 0 Å². The van der Waals surface area contributed by atoms with Crippen LogP contribution < -0.4 is 5.32 Å². The van der Waals surface area contributed by atoms with Gasteiger partial charge in [-0.2, -0.15) is 0 Å². The lowest BCUT2D eigenvalue weighted by Gasteiger charge is -2.40. The molecule has 0 aromatic carbocycles. The number of aliphatic hydroxyl groups excluding tert-OH is 6. The molecule has 0 aromatic rings. The highest BCUT2D eigenvalue weighted by molar-refractivity contribution is 5.80. The first-order valence-corrected chi connectivity index (χ1v) is 21.7. The van der Waals surface area contributed by atoms with Crippen molar-refractivity contribution in [3.05, 3.63) is 24.3 Å². The second-order valence-electron chi connectivity index (χ2n) is 15.3. The summed E-state index contributed by atoms with van der Waals surface area (Å²) in [6, 6.07) is -0.980. The molecule has 0 radical (unpaired) electrons. The zero-order valence-electron chi connectivity index (χ0n) is 33.6. The highest BCUT2D eigenvalue weighted by Gasteiger charge is 2.44. The van der Waals surface area contributed by atoms with Crippen LogP contribution in [0.15, 0.2) is 24.3 Å². The van der Waals surface area contributed by atoms with Crippen LogP contribution in [0, 0.1) is 0 Å². The van der Waals surface area contributed by atoms with E-state index in [1.54, 1.807) is 6.08 Å². The maximum atomic E-state index is 13.0. The van der Waals surface area contributed by atoms with Gasteiger partial charge in [0.05, 0.1) is 25.4 Å². The molecule has 10 nitrogen and oxygen atoms in total. The number of hydrogen-bond donors (Lipinski definition) is 7. The lowest BCUT2D eigenvalue weighted by molar-refractivity contribution is -0.302. The number of aliphatic hydroxyl groups is 6. The third kappa shape index (κ3) is 24.7. The van der Waals surface area contributed by atoms with E-state index in [1.807, 2.05) is 6.08 Å². The summed E-state index contributed by atoms with van der Waals surface area (Å²) in [5.74, 6) is -0.627. The number of allylic oxidation sites excluding steroid dienone is 3. The Bertz CT molecular complexity index is 901. The minimum absolute atomic E-state index is 0.297. The molecule has 1 aliphatic heterocycles. The van der Waals surface area contributed by atoms with Crippen molar-refractivity contribution in [1.29, 1.82) is 0 Å². The fraction of sp³-hybridized carbons (Fsp3) is 0.884. The normalized spacial score (nSPS) is 22.5. The van der Waals surface area contributed by atoms with Crippen LogP contribution in [0.1, 0.15) is 181 Å². The van der Waals surface area contributed by atoms with Crippen molar-refractivity contribution < 1.29 is 44.9 Å². The molecule has 53 heavy (non-hydrogen) atoms. The summed E-state index contributed by atoms with van der Waals surface area (Å²) in [5.41, 5.74) is 0. The number of nitrogens with one attached hydrogen (secondary N) is 1. The standard InChI is InChI=1S/C43H81NO9/c1-3-5-7-9-11-13-15-16-17-18-19-20-22-24-26-28-30-32-37(47)42(51)44-35(34-52-43-41(50)40(49)39(48)38(33-45)53-43)36(46)31-29-27-25-23-21-14-12-10-8-6-4-2/h19-20,29,31,35-41,43,45-50H,3-18,21-28,30,32-34H2,1-2H3,(H,44,51)/b20-19-,31-29+. The van der Waals surface area contributed by atoms with Crippen molar-refractivity contribution in [2.24, 2.45) is 0 Å². The fourth-order valence-electron chi connectivity index (χ4n) is 6.74. The predicted molar refractivity (Wildman–Crippen MR) is 213 cm³/mol. The number of ether oxygens (including phenoxy) is 2. The van der Waals surface area contributed by atoms with E-state index in [2.05, 4.69) is 31.3 Å². The van der Waals surface area contributed by atoms with E-state index in [9.17, 15) is 35.4 Å². The number of unbranched alkanes of at least 4 members (excludes halogenated alkanes) is 22. The SMILES string of the molecule is CCCCCCCCCCC/C=C\CCCCCCC(O)C(=O)NC(COC1OC(CO)C(O)C(O)C1O)C(O)/C=C/CCCCCCCCCCC. The van der Waals surface area contributed by atoms with Crippen molar-refractivity contribution >= 4 is 5.91 Å². The van der Waals surface area contributed by atoms with E-state index in [1.165, 1.54) is 103 Å². The van der Waals surface area contributed by atoms with Gasteiger partial charge < -0.3 is 45.4 Å². The lowest BCUT2D eigenvalue weighted by Crippen LogP contribution is -2.60. The van der Waals surface area contributed by atoms with E-state index < -0.39 is 61.5 Å². The van der Waals surface area contributed by atoms with Crippen molar-refractivity contribution in [2.75, 3.05) is 13.2 Å². The van der Waals surface area contributed by atoms with Crippen LogP contribution in [0.4, 0.5) is 0 Å². The number of hydrogen-bond acceptors (Lipinski definition) is 9. The van der Waals surface area contributed by atoms with Crippen LogP contribution in [0.5, 0.6) is 0 Å². The van der Waals surface area contributed by atoms with Gasteiger partial charge in [0.25, 0.3) is 0 Å². The van der Waals surface area contributed by atoms with Gasteiger partial charge in [0.15, 0.2) is 6.29 Å². The minimum Gasteiger partial charge on any atom is -0.394 e. The van der Waals surface area contributed by atoms with Gasteiger partial charge in [0.1, 0.15) is 30.5 Å². The Balaban J connectivity index is 2.44. The second kappa shape index (κ2) is 33.9. The molecule has 1 fully saturated rings. The van der Waals surface area contributed by atoms with Gasteiger partial charge in [-0.05, 0) is 44.9 Å². The fourth-order valence-corrected chi connectivity index (χ4v) is 6.74. The summed E-state index contributed by atoms with van der Waals surface area (Å²) in [6.45, 7) is 3.57. The average Bonchev–Trinajstić information content (AvgIpc) is 3.16. The maximum absolute atomic E-state index is 13.0. The summed E-state index contributed by atoms with van der Waals surface area (Å²) < 4.78 is 11.1. The number of carbonyl (C=O) groups is 1. The van der Waals surface area contributed by atoms with Gasteiger partial charge >= 0.3 is 0 Å². The number of carbonyl (C=O) groups excluding carboxylic acids is 1. The van der Waals surface area contributed by atoms with Gasteiger partial charge in [0, 0.05) is 0 Å². The average molecular weight is 756 g/mol. The third-order valence-electron chi connectivity index (χ3n) is 10.4. The molecule has 1 aliphatic rings. The molecule has 0 bridgehead atoms. The van der Waals surface area contributed by atoms with Crippen LogP contribution in [0.25, 0.3) is 0 Å². The van der Waals surface area contributed by atoms with Gasteiger partial charge in [-0.1, -0.05) is 160 Å². The van der Waals surface area contributed by atoms with Gasteiger partial charge in [-0.3, -0.25) is 4.79 Å². The molecule has 1 saturated heterocycles. The summed E-state index contributed by atoms with van der Waals surface area (Å²) in [6.07, 6.45) is 28.4. The Labute approximate surface area is 322 Å². The van der Waals surface area contributed by atoms with Crippen LogP contribution >= 0.6 is 0 Å². The smallest absolute Gasteiger partial charge is 0.249 e. The van der Waals surface area contributed by atoms with Gasteiger partial charge in [-0.15, -0.1) is 0 Å². The Morgan fingerprint density at radius 2 is 1.09 bits per heavy atom. The first kappa shape index (κ1) is 49.6. The Morgan fingerprint density at radius 3 is 1.58 bits per heavy atom. The molecule has 1 heterocycles. The molecule has 10 heteroatoms. The maximum Gasteiger partial charge on any atom is 0.249 e. The Kier molecular flexibility index (Phi) is 31.8. The zero-order chi connectivity index (χ0) is 38.9. The second-order valence-corrected chi connectivity index (χ2v) is 15.3. The molecule has 8 unspecified atom stereocenters. The molecule has 0 spiro atoms. The van der Waals surface area contributed by atoms with Gasteiger partial charge in [0.2, 0.25) is 5.91 Å². The highest BCUT2D eigenvalue weighted by atomic mass is 16.7. The van der Waals surface area contributed by atoms with E-state index in [4.69, 9.17) is 9.47 Å². The number of rotatable bonds is 35. The first-order chi connectivity index (χ1) is 25.8. The van der Waals surface area contributed by atoms with E-state index in [0.717, 1.165) is 51.4 Å². The van der Waals surface area contributed by atoms with Crippen molar-refractivity contribution in [1.82, 2.24) is 5.32 Å². The third-order valence-corrected chi connectivity index (χ3v) is 10.4. The summed E-state index contributed by atoms with van der Waals surface area (Å²) in [4.78, 5) is 13.0. The summed E-state index contributed by atoms with van der Waals surface area (Å²) in [5, 5.41) is 64.4. The van der Waals surface area contributed by atoms with Crippen molar-refractivity contribution in [3.63, 3.8) is 0 Å². The molecule has 8 atom stereocenters. The molecular weight excluding hydrogens is 674 g/mol. The minimum atomic E-state index is -1.61. The molecule has 0 saturated carbocycles.